The van der Waals surface area contributed by atoms with Crippen LogP contribution in [0.25, 0.3) is 0 Å². The predicted octanol–water partition coefficient (Wildman–Crippen LogP) is 2.83. The van der Waals surface area contributed by atoms with Crippen molar-refractivity contribution in [1.82, 2.24) is 15.3 Å². The fourth-order valence-corrected chi connectivity index (χ4v) is 3.50. The van der Waals surface area contributed by atoms with E-state index in [1.807, 2.05) is 11.4 Å². The summed E-state index contributed by atoms with van der Waals surface area (Å²) < 4.78 is 1.04. The van der Waals surface area contributed by atoms with E-state index in [2.05, 4.69) is 36.1 Å². The number of anilines is 1. The highest BCUT2D eigenvalue weighted by Crippen LogP contribution is 2.23. The van der Waals surface area contributed by atoms with Crippen molar-refractivity contribution in [1.29, 1.82) is 0 Å². The smallest absolute Gasteiger partial charge is 0.270 e. The van der Waals surface area contributed by atoms with E-state index in [-0.39, 0.29) is 5.91 Å². The first-order chi connectivity index (χ1) is 10.2. The minimum atomic E-state index is -0.170. The van der Waals surface area contributed by atoms with Crippen molar-refractivity contribution in [3.05, 3.63) is 38.8 Å². The van der Waals surface area contributed by atoms with E-state index >= 15 is 0 Å². The van der Waals surface area contributed by atoms with Crippen LogP contribution >= 0.6 is 27.3 Å². The number of amides is 1. The lowest BCUT2D eigenvalue weighted by molar-refractivity contribution is 0.0946. The van der Waals surface area contributed by atoms with E-state index < -0.39 is 0 Å². The lowest BCUT2D eigenvalue weighted by Gasteiger charge is -2.15. The molecule has 0 aliphatic carbocycles. The highest BCUT2D eigenvalue weighted by Gasteiger charge is 2.17. The van der Waals surface area contributed by atoms with Crippen molar-refractivity contribution in [2.75, 3.05) is 18.0 Å². The Balaban J connectivity index is 1.67. The summed E-state index contributed by atoms with van der Waals surface area (Å²) in [6.45, 7) is 2.42. The number of halogens is 1. The second-order valence-electron chi connectivity index (χ2n) is 4.84. The molecule has 0 bridgehead atoms. The molecule has 1 saturated heterocycles. The largest absolute Gasteiger partial charge is 0.347 e. The van der Waals surface area contributed by atoms with Gasteiger partial charge in [-0.1, -0.05) is 0 Å². The topological polar surface area (TPSA) is 58.1 Å². The number of carbonyl (C=O) groups excluding carboxylic acids is 1. The molecule has 0 atom stereocenters. The molecule has 0 unspecified atom stereocenters. The van der Waals surface area contributed by atoms with Crippen molar-refractivity contribution in [3.63, 3.8) is 0 Å². The maximum atomic E-state index is 12.2. The van der Waals surface area contributed by atoms with E-state index in [0.717, 1.165) is 35.3 Å². The SMILES string of the molecule is O=C(NCc1ccsc1Br)c1ccnc(N2CCCC2)n1. The van der Waals surface area contributed by atoms with Gasteiger partial charge in [-0.3, -0.25) is 4.79 Å². The molecule has 2 aromatic rings. The van der Waals surface area contributed by atoms with Gasteiger partial charge in [-0.15, -0.1) is 11.3 Å². The molecular weight excluding hydrogens is 352 g/mol. The highest BCUT2D eigenvalue weighted by atomic mass is 79.9. The summed E-state index contributed by atoms with van der Waals surface area (Å²) in [5, 5.41) is 4.88. The number of nitrogens with one attached hydrogen (secondary N) is 1. The van der Waals surface area contributed by atoms with Crippen LogP contribution in [0.3, 0.4) is 0 Å². The summed E-state index contributed by atoms with van der Waals surface area (Å²) in [4.78, 5) is 22.9. The average molecular weight is 367 g/mol. The molecular formula is C14H15BrN4OS. The van der Waals surface area contributed by atoms with Gasteiger partial charge in [-0.2, -0.15) is 0 Å². The molecule has 5 nitrogen and oxygen atoms in total. The molecule has 3 heterocycles. The normalized spacial score (nSPS) is 14.4. The van der Waals surface area contributed by atoms with E-state index in [1.54, 1.807) is 23.6 Å². The van der Waals surface area contributed by atoms with Crippen LogP contribution in [0.15, 0.2) is 27.5 Å². The fourth-order valence-electron chi connectivity index (χ4n) is 2.26. The van der Waals surface area contributed by atoms with Crippen molar-refractivity contribution in [2.45, 2.75) is 19.4 Å². The lowest BCUT2D eigenvalue weighted by Crippen LogP contribution is -2.26. The maximum Gasteiger partial charge on any atom is 0.270 e. The molecule has 1 aliphatic rings. The number of hydrogen-bond donors (Lipinski definition) is 1. The number of nitrogens with zero attached hydrogens (tertiary/aromatic N) is 3. The molecule has 0 aromatic carbocycles. The van der Waals surface area contributed by atoms with Crippen LogP contribution in [-0.4, -0.2) is 29.0 Å². The van der Waals surface area contributed by atoms with Crippen LogP contribution in [0.4, 0.5) is 5.95 Å². The molecule has 3 rings (SSSR count). The molecule has 1 aliphatic heterocycles. The van der Waals surface area contributed by atoms with Gasteiger partial charge >= 0.3 is 0 Å². The Morgan fingerprint density at radius 3 is 2.90 bits per heavy atom. The summed E-state index contributed by atoms with van der Waals surface area (Å²) in [6.07, 6.45) is 3.97. The zero-order valence-electron chi connectivity index (χ0n) is 11.4. The second kappa shape index (κ2) is 6.53. The fraction of sp³-hybridized carbons (Fsp3) is 0.357. The van der Waals surface area contributed by atoms with Crippen LogP contribution in [0.5, 0.6) is 0 Å². The molecule has 7 heteroatoms. The Morgan fingerprint density at radius 2 is 2.19 bits per heavy atom. The molecule has 0 saturated carbocycles. The first-order valence-corrected chi connectivity index (χ1v) is 8.49. The lowest BCUT2D eigenvalue weighted by atomic mass is 10.3. The van der Waals surface area contributed by atoms with Crippen LogP contribution < -0.4 is 10.2 Å². The number of hydrogen-bond acceptors (Lipinski definition) is 5. The van der Waals surface area contributed by atoms with Crippen LogP contribution in [0.2, 0.25) is 0 Å². The van der Waals surface area contributed by atoms with Gasteiger partial charge in [0.1, 0.15) is 5.69 Å². The first-order valence-electron chi connectivity index (χ1n) is 6.82. The number of rotatable bonds is 4. The van der Waals surface area contributed by atoms with Gasteiger partial charge < -0.3 is 10.2 Å². The van der Waals surface area contributed by atoms with Crippen molar-refractivity contribution in [3.8, 4) is 0 Å². The second-order valence-corrected chi connectivity index (χ2v) is 7.07. The third kappa shape index (κ3) is 3.41. The third-order valence-electron chi connectivity index (χ3n) is 3.40. The zero-order chi connectivity index (χ0) is 14.7. The molecule has 1 N–H and O–H groups in total. The van der Waals surface area contributed by atoms with Gasteiger partial charge in [0.2, 0.25) is 5.95 Å². The van der Waals surface area contributed by atoms with Crippen molar-refractivity contribution in [2.24, 2.45) is 0 Å². The summed E-state index contributed by atoms with van der Waals surface area (Å²) in [6, 6.07) is 3.64. The van der Waals surface area contributed by atoms with E-state index in [0.29, 0.717) is 18.2 Å². The van der Waals surface area contributed by atoms with Gasteiger partial charge in [0, 0.05) is 25.8 Å². The molecule has 1 amide bonds. The Bertz CT molecular complexity index is 639. The molecule has 1 fully saturated rings. The number of thiophene rings is 1. The molecule has 21 heavy (non-hydrogen) atoms. The van der Waals surface area contributed by atoms with Crippen LogP contribution in [-0.2, 0) is 6.54 Å². The Morgan fingerprint density at radius 1 is 1.38 bits per heavy atom. The molecule has 110 valence electrons. The van der Waals surface area contributed by atoms with Crippen molar-refractivity contribution < 1.29 is 4.79 Å². The monoisotopic (exact) mass is 366 g/mol. The average Bonchev–Trinajstić information content (AvgIpc) is 3.16. The molecule has 2 aromatic heterocycles. The summed E-state index contributed by atoms with van der Waals surface area (Å²) in [5.41, 5.74) is 1.49. The predicted molar refractivity (Wildman–Crippen MR) is 86.7 cm³/mol. The van der Waals surface area contributed by atoms with Gasteiger partial charge in [-0.25, -0.2) is 9.97 Å². The van der Waals surface area contributed by atoms with Gasteiger partial charge in [0.25, 0.3) is 5.91 Å². The Kier molecular flexibility index (Phi) is 4.50. The minimum absolute atomic E-state index is 0.170. The summed E-state index contributed by atoms with van der Waals surface area (Å²) >= 11 is 5.07. The van der Waals surface area contributed by atoms with E-state index in [4.69, 9.17) is 0 Å². The van der Waals surface area contributed by atoms with Crippen molar-refractivity contribution >= 4 is 39.1 Å². The Labute approximate surface area is 135 Å². The molecule has 0 radical (unpaired) electrons. The number of carbonyl (C=O) groups is 1. The van der Waals surface area contributed by atoms with E-state index in [9.17, 15) is 4.79 Å². The zero-order valence-corrected chi connectivity index (χ0v) is 13.8. The van der Waals surface area contributed by atoms with E-state index in [1.165, 1.54) is 0 Å². The third-order valence-corrected chi connectivity index (χ3v) is 5.21. The number of aromatic nitrogens is 2. The van der Waals surface area contributed by atoms with Gasteiger partial charge in [0.15, 0.2) is 0 Å². The van der Waals surface area contributed by atoms with Crippen LogP contribution in [0, 0.1) is 0 Å². The maximum absolute atomic E-state index is 12.2. The van der Waals surface area contributed by atoms with Gasteiger partial charge in [-0.05, 0) is 51.8 Å². The quantitative estimate of drug-likeness (QED) is 0.903. The minimum Gasteiger partial charge on any atom is -0.347 e. The standard InChI is InChI=1S/C14H15BrN4OS/c15-12-10(4-8-21-12)9-17-13(20)11-3-5-16-14(18-11)19-6-1-2-7-19/h3-5,8H,1-2,6-7,9H2,(H,17,20). The first kappa shape index (κ1) is 14.5. The van der Waals surface area contributed by atoms with Crippen LogP contribution in [0.1, 0.15) is 28.9 Å². The highest BCUT2D eigenvalue weighted by molar-refractivity contribution is 9.11. The summed E-state index contributed by atoms with van der Waals surface area (Å²) in [7, 11) is 0. The van der Waals surface area contributed by atoms with Gasteiger partial charge in [0.05, 0.1) is 3.79 Å². The molecule has 0 spiro atoms. The Hall–Kier alpha value is -1.47. The summed E-state index contributed by atoms with van der Waals surface area (Å²) in [5.74, 6) is 0.479.